The smallest absolute Gasteiger partial charge is 0.141 e. The number of ether oxygens (including phenoxy) is 1. The molecular weight excluding hydrogens is 337 g/mol. The number of rotatable bonds is 5. The number of hydrogen-bond acceptors (Lipinski definition) is 3. The monoisotopic (exact) mass is 353 g/mol. The molecule has 0 fully saturated rings. The Morgan fingerprint density at radius 3 is 2.67 bits per heavy atom. The maximum Gasteiger partial charge on any atom is 0.141 e. The molecule has 0 saturated carbocycles. The van der Waals surface area contributed by atoms with Gasteiger partial charge >= 0.3 is 0 Å². The van der Waals surface area contributed by atoms with E-state index < -0.39 is 5.54 Å². The van der Waals surface area contributed by atoms with Crippen LogP contribution in [0.4, 0.5) is 10.1 Å². The van der Waals surface area contributed by atoms with E-state index in [1.807, 2.05) is 18.2 Å². The second-order valence-corrected chi connectivity index (χ2v) is 5.86. The lowest BCUT2D eigenvalue weighted by atomic mass is 9.92. The number of aliphatic hydroxyl groups is 1. The number of halogens is 2. The predicted octanol–water partition coefficient (Wildman–Crippen LogP) is 3.92. The average molecular weight is 354 g/mol. The largest absolute Gasteiger partial charge is 0.495 e. The van der Waals surface area contributed by atoms with Crippen LogP contribution in [0.1, 0.15) is 12.5 Å². The fourth-order valence-electron chi connectivity index (χ4n) is 2.16. The molecule has 0 aromatic heterocycles. The lowest BCUT2D eigenvalue weighted by Gasteiger charge is -2.31. The Hall–Kier alpha value is -1.59. The van der Waals surface area contributed by atoms with Gasteiger partial charge in [0.2, 0.25) is 0 Å². The van der Waals surface area contributed by atoms with Crippen molar-refractivity contribution in [2.45, 2.75) is 12.5 Å². The second kappa shape index (κ2) is 6.45. The maximum absolute atomic E-state index is 14.1. The molecule has 5 heteroatoms. The molecule has 112 valence electrons. The van der Waals surface area contributed by atoms with Gasteiger partial charge < -0.3 is 15.2 Å². The SMILES string of the molecule is COc1ccccc1NC(C)(CO)c1cc(Br)ccc1F. The van der Waals surface area contributed by atoms with Gasteiger partial charge in [-0.1, -0.05) is 28.1 Å². The Labute approximate surface area is 131 Å². The summed E-state index contributed by atoms with van der Waals surface area (Å²) >= 11 is 3.33. The minimum absolute atomic E-state index is 0.265. The van der Waals surface area contributed by atoms with Crippen LogP contribution in [0.15, 0.2) is 46.9 Å². The number of nitrogens with one attached hydrogen (secondary N) is 1. The summed E-state index contributed by atoms with van der Waals surface area (Å²) in [6.45, 7) is 1.47. The highest BCUT2D eigenvalue weighted by Gasteiger charge is 2.30. The van der Waals surface area contributed by atoms with Gasteiger partial charge in [0.1, 0.15) is 11.6 Å². The molecule has 0 heterocycles. The molecule has 2 aromatic rings. The van der Waals surface area contributed by atoms with Crippen molar-refractivity contribution >= 4 is 21.6 Å². The highest BCUT2D eigenvalue weighted by molar-refractivity contribution is 9.10. The summed E-state index contributed by atoms with van der Waals surface area (Å²) < 4.78 is 20.2. The lowest BCUT2D eigenvalue weighted by molar-refractivity contribution is 0.220. The fraction of sp³-hybridized carbons (Fsp3) is 0.250. The van der Waals surface area contributed by atoms with Crippen molar-refractivity contribution in [3.05, 3.63) is 58.3 Å². The number of benzene rings is 2. The Morgan fingerprint density at radius 2 is 2.00 bits per heavy atom. The molecule has 0 amide bonds. The molecule has 0 radical (unpaired) electrons. The third-order valence-electron chi connectivity index (χ3n) is 3.36. The van der Waals surface area contributed by atoms with E-state index in [9.17, 15) is 9.50 Å². The van der Waals surface area contributed by atoms with Crippen molar-refractivity contribution in [1.29, 1.82) is 0 Å². The van der Waals surface area contributed by atoms with Gasteiger partial charge in [0.05, 0.1) is 24.9 Å². The van der Waals surface area contributed by atoms with Gasteiger partial charge in [0.25, 0.3) is 0 Å². The van der Waals surface area contributed by atoms with Gasteiger partial charge in [0, 0.05) is 10.0 Å². The molecule has 0 spiro atoms. The Kier molecular flexibility index (Phi) is 4.85. The lowest BCUT2D eigenvalue weighted by Crippen LogP contribution is -2.37. The number of anilines is 1. The van der Waals surface area contributed by atoms with E-state index in [-0.39, 0.29) is 12.4 Å². The molecule has 3 nitrogen and oxygen atoms in total. The molecule has 2 N–H and O–H groups in total. The van der Waals surface area contributed by atoms with E-state index in [2.05, 4.69) is 21.2 Å². The van der Waals surface area contributed by atoms with E-state index in [1.54, 1.807) is 32.2 Å². The highest BCUT2D eigenvalue weighted by Crippen LogP contribution is 2.33. The summed E-state index contributed by atoms with van der Waals surface area (Å²) in [6, 6.07) is 12.0. The first kappa shape index (κ1) is 15.8. The summed E-state index contributed by atoms with van der Waals surface area (Å²) in [5.41, 5.74) is 0.101. The van der Waals surface area contributed by atoms with Gasteiger partial charge in [0.15, 0.2) is 0 Å². The van der Waals surface area contributed by atoms with Gasteiger partial charge in [-0.15, -0.1) is 0 Å². The third kappa shape index (κ3) is 3.36. The molecule has 0 aliphatic rings. The maximum atomic E-state index is 14.1. The van der Waals surface area contributed by atoms with Crippen molar-refractivity contribution in [2.24, 2.45) is 0 Å². The van der Waals surface area contributed by atoms with Crippen LogP contribution in [0.3, 0.4) is 0 Å². The van der Waals surface area contributed by atoms with Crippen LogP contribution < -0.4 is 10.1 Å². The summed E-state index contributed by atoms with van der Waals surface area (Å²) in [7, 11) is 1.57. The molecule has 21 heavy (non-hydrogen) atoms. The first-order valence-corrected chi connectivity index (χ1v) is 7.27. The van der Waals surface area contributed by atoms with Crippen LogP contribution in [0.5, 0.6) is 5.75 Å². The predicted molar refractivity (Wildman–Crippen MR) is 85.2 cm³/mol. The number of aliphatic hydroxyl groups excluding tert-OH is 1. The van der Waals surface area contributed by atoms with Crippen LogP contribution in [0, 0.1) is 5.82 Å². The van der Waals surface area contributed by atoms with Gasteiger partial charge in [-0.25, -0.2) is 4.39 Å². The Morgan fingerprint density at radius 1 is 1.29 bits per heavy atom. The second-order valence-electron chi connectivity index (χ2n) is 4.94. The minimum Gasteiger partial charge on any atom is -0.495 e. The summed E-state index contributed by atoms with van der Waals surface area (Å²) in [6.07, 6.45) is 0. The van der Waals surface area contributed by atoms with Crippen LogP contribution >= 0.6 is 15.9 Å². The normalized spacial score (nSPS) is 13.6. The van der Waals surface area contributed by atoms with E-state index in [1.165, 1.54) is 6.07 Å². The van der Waals surface area contributed by atoms with Crippen LogP contribution in [0.2, 0.25) is 0 Å². The van der Waals surface area contributed by atoms with E-state index >= 15 is 0 Å². The third-order valence-corrected chi connectivity index (χ3v) is 3.85. The molecule has 1 atom stereocenters. The number of hydrogen-bond donors (Lipinski definition) is 2. The minimum atomic E-state index is -0.970. The van der Waals surface area contributed by atoms with Crippen molar-refractivity contribution < 1.29 is 14.2 Å². The Balaban J connectivity index is 2.44. The number of methoxy groups -OCH3 is 1. The first-order chi connectivity index (χ1) is 10.00. The molecule has 0 aliphatic heterocycles. The topological polar surface area (TPSA) is 41.5 Å². The zero-order chi connectivity index (χ0) is 15.5. The van der Waals surface area contributed by atoms with Crippen molar-refractivity contribution in [3.8, 4) is 5.75 Å². The van der Waals surface area contributed by atoms with E-state index in [0.29, 0.717) is 17.0 Å². The van der Waals surface area contributed by atoms with Crippen molar-refractivity contribution in [1.82, 2.24) is 0 Å². The zero-order valence-corrected chi connectivity index (χ0v) is 13.4. The van der Waals surface area contributed by atoms with Gasteiger partial charge in [-0.2, -0.15) is 0 Å². The van der Waals surface area contributed by atoms with Crippen molar-refractivity contribution in [2.75, 3.05) is 19.0 Å². The molecular formula is C16H17BrFNO2. The number of para-hydroxylation sites is 2. The van der Waals surface area contributed by atoms with Crippen LogP contribution in [0.25, 0.3) is 0 Å². The molecule has 2 aromatic carbocycles. The van der Waals surface area contributed by atoms with Crippen LogP contribution in [-0.4, -0.2) is 18.8 Å². The van der Waals surface area contributed by atoms with Crippen LogP contribution in [-0.2, 0) is 5.54 Å². The molecule has 0 bridgehead atoms. The standard InChI is InChI=1S/C16H17BrFNO2/c1-16(10-20,12-9-11(17)7-8-13(12)18)19-14-5-3-4-6-15(14)21-2/h3-9,19-20H,10H2,1-2H3. The first-order valence-electron chi connectivity index (χ1n) is 6.48. The summed E-state index contributed by atoms with van der Waals surface area (Å²) in [5.74, 6) is 0.254. The van der Waals surface area contributed by atoms with E-state index in [4.69, 9.17) is 4.74 Å². The van der Waals surface area contributed by atoms with Crippen molar-refractivity contribution in [3.63, 3.8) is 0 Å². The molecule has 0 aliphatic carbocycles. The molecule has 0 saturated heterocycles. The molecule has 1 unspecified atom stereocenters. The fourth-order valence-corrected chi connectivity index (χ4v) is 2.52. The molecule has 2 rings (SSSR count). The van der Waals surface area contributed by atoms with Gasteiger partial charge in [-0.3, -0.25) is 0 Å². The summed E-state index contributed by atoms with van der Waals surface area (Å²) in [4.78, 5) is 0. The highest BCUT2D eigenvalue weighted by atomic mass is 79.9. The zero-order valence-electron chi connectivity index (χ0n) is 11.9. The van der Waals surface area contributed by atoms with E-state index in [0.717, 1.165) is 4.47 Å². The van der Waals surface area contributed by atoms with Gasteiger partial charge in [-0.05, 0) is 37.3 Å². The quantitative estimate of drug-likeness (QED) is 0.855. The average Bonchev–Trinajstić information content (AvgIpc) is 2.50. The summed E-state index contributed by atoms with van der Waals surface area (Å²) in [5, 5.41) is 13.0. The Bertz CT molecular complexity index is 635.